The van der Waals surface area contributed by atoms with E-state index in [0.29, 0.717) is 26.2 Å². The first-order valence-corrected chi connectivity index (χ1v) is 5.81. The van der Waals surface area contributed by atoms with Crippen molar-refractivity contribution in [2.75, 3.05) is 47.2 Å². The molecule has 0 aliphatic carbocycles. The van der Waals surface area contributed by atoms with Crippen molar-refractivity contribution in [1.82, 2.24) is 5.32 Å². The molecule has 0 aromatic rings. The van der Waals surface area contributed by atoms with E-state index < -0.39 is 6.23 Å². The number of unbranched alkanes of at least 4 members (excludes halogenated alkanes) is 1. The van der Waals surface area contributed by atoms with Crippen molar-refractivity contribution < 1.29 is 19.3 Å². The number of aliphatic hydroxyl groups excluding tert-OH is 1. The van der Waals surface area contributed by atoms with Crippen LogP contribution >= 0.6 is 0 Å². The average molecular weight is 235 g/mol. The van der Waals surface area contributed by atoms with Crippen molar-refractivity contribution in [2.45, 2.75) is 25.5 Å². The van der Waals surface area contributed by atoms with Gasteiger partial charge in [0.25, 0.3) is 0 Å². The van der Waals surface area contributed by atoms with Crippen LogP contribution in [0, 0.1) is 0 Å². The molecule has 0 aliphatic rings. The third-order valence-corrected chi connectivity index (χ3v) is 2.13. The van der Waals surface area contributed by atoms with Gasteiger partial charge in [0.15, 0.2) is 0 Å². The van der Waals surface area contributed by atoms with Gasteiger partial charge in [-0.25, -0.2) is 0 Å². The Labute approximate surface area is 98.1 Å². The van der Waals surface area contributed by atoms with Gasteiger partial charge in [0, 0.05) is 26.7 Å². The molecule has 0 radical (unpaired) electrons. The van der Waals surface area contributed by atoms with Gasteiger partial charge in [-0.05, 0) is 19.9 Å². The van der Waals surface area contributed by atoms with Crippen LogP contribution in [0.1, 0.15) is 19.3 Å². The van der Waals surface area contributed by atoms with Gasteiger partial charge in [0.1, 0.15) is 6.23 Å². The minimum atomic E-state index is -0.461. The van der Waals surface area contributed by atoms with Crippen molar-refractivity contribution in [2.24, 2.45) is 0 Å². The van der Waals surface area contributed by atoms with E-state index in [1.165, 1.54) is 0 Å². The number of nitrogens with one attached hydrogen (secondary N) is 1. The van der Waals surface area contributed by atoms with E-state index in [2.05, 4.69) is 5.32 Å². The molecule has 0 saturated carbocycles. The van der Waals surface area contributed by atoms with E-state index in [-0.39, 0.29) is 0 Å². The summed E-state index contributed by atoms with van der Waals surface area (Å²) in [6.07, 6.45) is 2.15. The minimum Gasteiger partial charge on any atom is -0.382 e. The molecular formula is C11H25NO4. The summed E-state index contributed by atoms with van der Waals surface area (Å²) in [6, 6.07) is 0. The molecule has 0 amide bonds. The molecule has 0 saturated heterocycles. The van der Waals surface area contributed by atoms with Crippen LogP contribution in [-0.2, 0) is 14.2 Å². The zero-order chi connectivity index (χ0) is 12.1. The predicted molar refractivity (Wildman–Crippen MR) is 62.4 cm³/mol. The highest BCUT2D eigenvalue weighted by Gasteiger charge is 1.98. The third-order valence-electron chi connectivity index (χ3n) is 2.13. The maximum absolute atomic E-state index is 9.16. The quantitative estimate of drug-likeness (QED) is 0.378. The monoisotopic (exact) mass is 235 g/mol. The van der Waals surface area contributed by atoms with Crippen molar-refractivity contribution >= 4 is 0 Å². The standard InChI is InChI=1S/C11H25NO4/c1-12-11(13)5-8-15-6-3-4-7-16-10-9-14-2/h11-13H,3-10H2,1-2H3. The summed E-state index contributed by atoms with van der Waals surface area (Å²) in [5.41, 5.74) is 0. The topological polar surface area (TPSA) is 60.0 Å². The molecule has 0 spiro atoms. The van der Waals surface area contributed by atoms with Crippen LogP contribution in [0.25, 0.3) is 0 Å². The number of rotatable bonds is 12. The zero-order valence-corrected chi connectivity index (χ0v) is 10.4. The SMILES string of the molecule is CNC(O)CCOCCCCOCCOC. The van der Waals surface area contributed by atoms with Crippen LogP contribution < -0.4 is 5.32 Å². The highest BCUT2D eigenvalue weighted by molar-refractivity contribution is 4.47. The van der Waals surface area contributed by atoms with Crippen LogP contribution in [-0.4, -0.2) is 58.5 Å². The van der Waals surface area contributed by atoms with Gasteiger partial charge in [0.05, 0.1) is 19.8 Å². The molecule has 16 heavy (non-hydrogen) atoms. The molecular weight excluding hydrogens is 210 g/mol. The summed E-state index contributed by atoms with van der Waals surface area (Å²) in [4.78, 5) is 0. The molecule has 0 rings (SSSR count). The van der Waals surface area contributed by atoms with E-state index in [0.717, 1.165) is 26.1 Å². The first kappa shape index (κ1) is 15.8. The fourth-order valence-corrected chi connectivity index (χ4v) is 1.09. The van der Waals surface area contributed by atoms with Gasteiger partial charge in [-0.3, -0.25) is 5.32 Å². The maximum atomic E-state index is 9.16. The molecule has 0 aliphatic heterocycles. The number of hydrogen-bond acceptors (Lipinski definition) is 5. The molecule has 2 N–H and O–H groups in total. The lowest BCUT2D eigenvalue weighted by molar-refractivity contribution is 0.0534. The summed E-state index contributed by atoms with van der Waals surface area (Å²) in [7, 11) is 3.39. The summed E-state index contributed by atoms with van der Waals surface area (Å²) in [5, 5.41) is 11.9. The van der Waals surface area contributed by atoms with Crippen LogP contribution in [0.15, 0.2) is 0 Å². The Balaban J connectivity index is 2.93. The van der Waals surface area contributed by atoms with Crippen molar-refractivity contribution in [1.29, 1.82) is 0 Å². The maximum Gasteiger partial charge on any atom is 0.106 e. The Morgan fingerprint density at radius 3 is 2.19 bits per heavy atom. The molecule has 1 unspecified atom stereocenters. The molecule has 98 valence electrons. The summed E-state index contributed by atoms with van der Waals surface area (Å²) >= 11 is 0. The molecule has 0 fully saturated rings. The van der Waals surface area contributed by atoms with E-state index in [1.807, 2.05) is 0 Å². The number of methoxy groups -OCH3 is 1. The molecule has 0 heterocycles. The van der Waals surface area contributed by atoms with Gasteiger partial charge in [-0.2, -0.15) is 0 Å². The molecule has 0 bridgehead atoms. The molecule has 5 heteroatoms. The Morgan fingerprint density at radius 1 is 1.00 bits per heavy atom. The lowest BCUT2D eigenvalue weighted by Gasteiger charge is -2.09. The van der Waals surface area contributed by atoms with Crippen LogP contribution in [0.4, 0.5) is 0 Å². The highest BCUT2D eigenvalue weighted by Crippen LogP contribution is 1.94. The third kappa shape index (κ3) is 11.9. The molecule has 0 aromatic carbocycles. The average Bonchev–Trinajstić information content (AvgIpc) is 2.31. The van der Waals surface area contributed by atoms with Crippen molar-refractivity contribution in [3.63, 3.8) is 0 Å². The fraction of sp³-hybridized carbons (Fsp3) is 1.00. The number of ether oxygens (including phenoxy) is 3. The van der Waals surface area contributed by atoms with Crippen LogP contribution in [0.3, 0.4) is 0 Å². The van der Waals surface area contributed by atoms with Crippen molar-refractivity contribution in [3.8, 4) is 0 Å². The van der Waals surface area contributed by atoms with E-state index in [4.69, 9.17) is 19.3 Å². The van der Waals surface area contributed by atoms with Gasteiger partial charge >= 0.3 is 0 Å². The first-order chi connectivity index (χ1) is 7.81. The Morgan fingerprint density at radius 2 is 1.62 bits per heavy atom. The number of hydrogen-bond donors (Lipinski definition) is 2. The molecule has 1 atom stereocenters. The largest absolute Gasteiger partial charge is 0.382 e. The second-order valence-corrected chi connectivity index (χ2v) is 3.52. The molecule has 0 aromatic heterocycles. The smallest absolute Gasteiger partial charge is 0.106 e. The van der Waals surface area contributed by atoms with E-state index >= 15 is 0 Å². The van der Waals surface area contributed by atoms with Gasteiger partial charge in [0.2, 0.25) is 0 Å². The van der Waals surface area contributed by atoms with Crippen LogP contribution in [0.2, 0.25) is 0 Å². The Bertz CT molecular complexity index is 135. The first-order valence-electron chi connectivity index (χ1n) is 5.81. The van der Waals surface area contributed by atoms with Gasteiger partial charge in [-0.15, -0.1) is 0 Å². The number of aliphatic hydroxyl groups is 1. The lowest BCUT2D eigenvalue weighted by atomic mass is 10.3. The normalized spacial score (nSPS) is 12.9. The molecule has 5 nitrogen and oxygen atoms in total. The van der Waals surface area contributed by atoms with Gasteiger partial charge < -0.3 is 19.3 Å². The second-order valence-electron chi connectivity index (χ2n) is 3.52. The second kappa shape index (κ2) is 12.9. The zero-order valence-electron chi connectivity index (χ0n) is 10.4. The fourth-order valence-electron chi connectivity index (χ4n) is 1.09. The Kier molecular flexibility index (Phi) is 12.7. The van der Waals surface area contributed by atoms with E-state index in [9.17, 15) is 0 Å². The van der Waals surface area contributed by atoms with Crippen LogP contribution in [0.5, 0.6) is 0 Å². The predicted octanol–water partition coefficient (Wildman–Crippen LogP) is 0.374. The summed E-state index contributed by atoms with van der Waals surface area (Å²) < 4.78 is 15.5. The summed E-state index contributed by atoms with van der Waals surface area (Å²) in [5.74, 6) is 0. The van der Waals surface area contributed by atoms with Gasteiger partial charge in [-0.1, -0.05) is 0 Å². The minimum absolute atomic E-state index is 0.461. The Hall–Kier alpha value is -0.200. The van der Waals surface area contributed by atoms with E-state index in [1.54, 1.807) is 14.2 Å². The highest BCUT2D eigenvalue weighted by atomic mass is 16.5. The lowest BCUT2D eigenvalue weighted by Crippen LogP contribution is -2.25. The van der Waals surface area contributed by atoms with Crippen molar-refractivity contribution in [3.05, 3.63) is 0 Å². The summed E-state index contributed by atoms with van der Waals surface area (Å²) in [6.45, 7) is 3.38.